The van der Waals surface area contributed by atoms with E-state index in [1.807, 2.05) is 4.90 Å². The molecule has 88 valence electrons. The van der Waals surface area contributed by atoms with Gasteiger partial charge in [0.2, 0.25) is 0 Å². The normalized spacial score (nSPS) is 22.7. The zero-order valence-electron chi connectivity index (χ0n) is 10.4. The Balaban J connectivity index is 2.46. The summed E-state index contributed by atoms with van der Waals surface area (Å²) in [5, 5.41) is 0. The van der Waals surface area contributed by atoms with Crippen molar-refractivity contribution in [2.45, 2.75) is 40.0 Å². The summed E-state index contributed by atoms with van der Waals surface area (Å²) < 4.78 is 4.76. The molecule has 1 unspecified atom stereocenters. The lowest BCUT2D eigenvalue weighted by atomic mass is 9.81. The largest absolute Gasteiger partial charge is 0.453 e. The molecule has 1 rings (SSSR count). The zero-order chi connectivity index (χ0) is 11.5. The van der Waals surface area contributed by atoms with Crippen LogP contribution in [0, 0.1) is 11.3 Å². The Hall–Kier alpha value is -0.730. The molecule has 1 amide bonds. The van der Waals surface area contributed by atoms with E-state index in [1.54, 1.807) is 0 Å². The minimum atomic E-state index is -0.173. The van der Waals surface area contributed by atoms with Gasteiger partial charge in [-0.05, 0) is 30.6 Å². The Morgan fingerprint density at radius 2 is 2.13 bits per heavy atom. The van der Waals surface area contributed by atoms with Gasteiger partial charge in [0.15, 0.2) is 0 Å². The minimum absolute atomic E-state index is 0.173. The van der Waals surface area contributed by atoms with Gasteiger partial charge in [-0.1, -0.05) is 20.8 Å². The molecular formula is C12H23NO2. The average Bonchev–Trinajstić information content (AvgIpc) is 2.14. The number of rotatable bonds is 1. The van der Waals surface area contributed by atoms with Crippen LogP contribution in [0.15, 0.2) is 0 Å². The number of hydrogen-bond acceptors (Lipinski definition) is 2. The van der Waals surface area contributed by atoms with Gasteiger partial charge in [-0.15, -0.1) is 0 Å². The quantitative estimate of drug-likeness (QED) is 0.670. The van der Waals surface area contributed by atoms with Crippen molar-refractivity contribution in [3.63, 3.8) is 0 Å². The molecule has 0 aromatic heterocycles. The van der Waals surface area contributed by atoms with Gasteiger partial charge in [0.1, 0.15) is 0 Å². The van der Waals surface area contributed by atoms with Gasteiger partial charge in [-0.25, -0.2) is 4.79 Å². The van der Waals surface area contributed by atoms with Gasteiger partial charge in [-0.3, -0.25) is 0 Å². The molecular weight excluding hydrogens is 190 g/mol. The van der Waals surface area contributed by atoms with Gasteiger partial charge < -0.3 is 9.64 Å². The second-order valence-corrected chi connectivity index (χ2v) is 5.69. The molecule has 0 aromatic carbocycles. The van der Waals surface area contributed by atoms with E-state index < -0.39 is 0 Å². The van der Waals surface area contributed by atoms with Crippen molar-refractivity contribution in [3.8, 4) is 0 Å². The van der Waals surface area contributed by atoms with Crippen molar-refractivity contribution >= 4 is 6.09 Å². The SMILES string of the molecule is COC(=O)N1CCCC(CC(C)(C)C)C1. The number of nitrogens with zero attached hydrogens (tertiary/aromatic N) is 1. The molecule has 1 saturated heterocycles. The lowest BCUT2D eigenvalue weighted by Crippen LogP contribution is -2.40. The summed E-state index contributed by atoms with van der Waals surface area (Å²) in [5.74, 6) is 0.637. The lowest BCUT2D eigenvalue weighted by Gasteiger charge is -2.34. The number of methoxy groups -OCH3 is 1. The number of carbonyl (C=O) groups is 1. The van der Waals surface area contributed by atoms with E-state index in [0.29, 0.717) is 11.3 Å². The van der Waals surface area contributed by atoms with Crippen molar-refractivity contribution in [2.24, 2.45) is 11.3 Å². The Morgan fingerprint density at radius 1 is 1.47 bits per heavy atom. The van der Waals surface area contributed by atoms with Crippen LogP contribution in [-0.4, -0.2) is 31.2 Å². The Bertz CT molecular complexity index is 220. The summed E-state index contributed by atoms with van der Waals surface area (Å²) in [6.45, 7) is 8.48. The molecule has 1 atom stereocenters. The highest BCUT2D eigenvalue weighted by molar-refractivity contribution is 5.67. The molecule has 1 fully saturated rings. The van der Waals surface area contributed by atoms with E-state index in [2.05, 4.69) is 20.8 Å². The highest BCUT2D eigenvalue weighted by atomic mass is 16.5. The van der Waals surface area contributed by atoms with Crippen LogP contribution in [0.3, 0.4) is 0 Å². The maximum absolute atomic E-state index is 11.4. The Kier molecular flexibility index (Phi) is 4.00. The van der Waals surface area contributed by atoms with Crippen molar-refractivity contribution in [1.29, 1.82) is 0 Å². The van der Waals surface area contributed by atoms with E-state index in [1.165, 1.54) is 20.0 Å². The second-order valence-electron chi connectivity index (χ2n) is 5.69. The summed E-state index contributed by atoms with van der Waals surface area (Å²) in [7, 11) is 1.45. The van der Waals surface area contributed by atoms with Crippen molar-refractivity contribution in [1.82, 2.24) is 4.90 Å². The average molecular weight is 213 g/mol. The summed E-state index contributed by atoms with van der Waals surface area (Å²) in [6, 6.07) is 0. The molecule has 0 bridgehead atoms. The molecule has 0 aliphatic carbocycles. The third-order valence-corrected chi connectivity index (χ3v) is 2.85. The van der Waals surface area contributed by atoms with Gasteiger partial charge in [0.05, 0.1) is 7.11 Å². The van der Waals surface area contributed by atoms with Gasteiger partial charge in [-0.2, -0.15) is 0 Å². The van der Waals surface area contributed by atoms with Gasteiger partial charge in [0.25, 0.3) is 0 Å². The molecule has 0 radical (unpaired) electrons. The molecule has 0 aromatic rings. The molecule has 3 heteroatoms. The number of piperidine rings is 1. The summed E-state index contributed by atoms with van der Waals surface area (Å²) in [4.78, 5) is 13.2. The number of likely N-dealkylation sites (tertiary alicyclic amines) is 1. The van der Waals surface area contributed by atoms with E-state index in [0.717, 1.165) is 19.5 Å². The fourth-order valence-corrected chi connectivity index (χ4v) is 2.39. The first-order chi connectivity index (χ1) is 6.92. The van der Waals surface area contributed by atoms with Crippen LogP contribution in [0.1, 0.15) is 40.0 Å². The maximum Gasteiger partial charge on any atom is 0.409 e. The zero-order valence-corrected chi connectivity index (χ0v) is 10.4. The Labute approximate surface area is 92.8 Å². The number of amides is 1. The Morgan fingerprint density at radius 3 is 2.67 bits per heavy atom. The van der Waals surface area contributed by atoms with E-state index in [4.69, 9.17) is 4.74 Å². The van der Waals surface area contributed by atoms with Crippen LogP contribution in [0.25, 0.3) is 0 Å². The first-order valence-corrected chi connectivity index (χ1v) is 5.75. The second kappa shape index (κ2) is 4.86. The molecule has 0 spiro atoms. The molecule has 15 heavy (non-hydrogen) atoms. The summed E-state index contributed by atoms with van der Waals surface area (Å²) >= 11 is 0. The number of hydrogen-bond donors (Lipinski definition) is 0. The maximum atomic E-state index is 11.4. The van der Waals surface area contributed by atoms with E-state index in [9.17, 15) is 4.79 Å². The molecule has 1 aliphatic rings. The number of ether oxygens (including phenoxy) is 1. The molecule has 1 heterocycles. The third kappa shape index (κ3) is 4.10. The van der Waals surface area contributed by atoms with Crippen molar-refractivity contribution < 1.29 is 9.53 Å². The summed E-state index contributed by atoms with van der Waals surface area (Å²) in [5.41, 5.74) is 0.351. The molecule has 1 aliphatic heterocycles. The summed E-state index contributed by atoms with van der Waals surface area (Å²) in [6.07, 6.45) is 3.36. The fraction of sp³-hybridized carbons (Fsp3) is 0.917. The van der Waals surface area contributed by atoms with Crippen molar-refractivity contribution in [2.75, 3.05) is 20.2 Å². The smallest absolute Gasteiger partial charge is 0.409 e. The standard InChI is InChI=1S/C12H23NO2/c1-12(2,3)8-10-6-5-7-13(9-10)11(14)15-4/h10H,5-9H2,1-4H3. The van der Waals surface area contributed by atoms with Crippen molar-refractivity contribution in [3.05, 3.63) is 0 Å². The first-order valence-electron chi connectivity index (χ1n) is 5.75. The monoisotopic (exact) mass is 213 g/mol. The predicted molar refractivity (Wildman–Crippen MR) is 60.8 cm³/mol. The highest BCUT2D eigenvalue weighted by Gasteiger charge is 2.27. The van der Waals surface area contributed by atoms with Crippen LogP contribution in [0.2, 0.25) is 0 Å². The topological polar surface area (TPSA) is 29.5 Å². The van der Waals surface area contributed by atoms with Crippen LogP contribution in [0.4, 0.5) is 4.79 Å². The molecule has 3 nitrogen and oxygen atoms in total. The first kappa shape index (κ1) is 12.3. The molecule has 0 N–H and O–H groups in total. The predicted octanol–water partition coefficient (Wildman–Crippen LogP) is 2.90. The van der Waals surface area contributed by atoms with Crippen LogP contribution in [0.5, 0.6) is 0 Å². The highest BCUT2D eigenvalue weighted by Crippen LogP contribution is 2.30. The fourth-order valence-electron chi connectivity index (χ4n) is 2.39. The lowest BCUT2D eigenvalue weighted by molar-refractivity contribution is 0.0931. The number of carbonyl (C=O) groups excluding carboxylic acids is 1. The van der Waals surface area contributed by atoms with Gasteiger partial charge >= 0.3 is 6.09 Å². The minimum Gasteiger partial charge on any atom is -0.453 e. The third-order valence-electron chi connectivity index (χ3n) is 2.85. The van der Waals surface area contributed by atoms with E-state index in [-0.39, 0.29) is 6.09 Å². The van der Waals surface area contributed by atoms with Crippen LogP contribution in [-0.2, 0) is 4.74 Å². The van der Waals surface area contributed by atoms with Crippen LogP contribution >= 0.6 is 0 Å². The van der Waals surface area contributed by atoms with E-state index >= 15 is 0 Å². The van der Waals surface area contributed by atoms with Gasteiger partial charge in [0, 0.05) is 13.1 Å². The molecule has 0 saturated carbocycles. The van der Waals surface area contributed by atoms with Crippen LogP contribution < -0.4 is 0 Å².